The van der Waals surface area contributed by atoms with Gasteiger partial charge in [-0.05, 0) is 12.1 Å². The molecule has 2 aromatic rings. The van der Waals surface area contributed by atoms with Crippen molar-refractivity contribution in [2.24, 2.45) is 0 Å². The summed E-state index contributed by atoms with van der Waals surface area (Å²) in [5, 5.41) is 11.0. The third-order valence-corrected chi connectivity index (χ3v) is 2.48. The highest BCUT2D eigenvalue weighted by atomic mass is 16.2. The van der Waals surface area contributed by atoms with Crippen molar-refractivity contribution in [3.8, 4) is 0 Å². The maximum Gasteiger partial charge on any atom is 0.243 e. The second-order valence-corrected chi connectivity index (χ2v) is 4.09. The standard InChI is InChI=1S/C12H15N5O/c1-17(2)11(18)7-8-13-12-14-9-5-3-4-6-10(9)15-16-12/h3-6H,7-8H2,1-2H3,(H,13,14,16). The van der Waals surface area contributed by atoms with Crippen LogP contribution in [0, 0.1) is 0 Å². The van der Waals surface area contributed by atoms with E-state index < -0.39 is 0 Å². The lowest BCUT2D eigenvalue weighted by molar-refractivity contribution is -0.128. The molecule has 0 radical (unpaired) electrons. The topological polar surface area (TPSA) is 71.0 Å². The third-order valence-electron chi connectivity index (χ3n) is 2.48. The van der Waals surface area contributed by atoms with Gasteiger partial charge in [-0.3, -0.25) is 4.79 Å². The summed E-state index contributed by atoms with van der Waals surface area (Å²) in [4.78, 5) is 17.2. The minimum atomic E-state index is 0.0660. The molecule has 1 heterocycles. The number of hydrogen-bond donors (Lipinski definition) is 1. The Morgan fingerprint density at radius 1 is 1.22 bits per heavy atom. The van der Waals surface area contributed by atoms with Gasteiger partial charge in [0.25, 0.3) is 0 Å². The van der Waals surface area contributed by atoms with Gasteiger partial charge in [-0.25, -0.2) is 4.98 Å². The quantitative estimate of drug-likeness (QED) is 0.867. The molecule has 6 nitrogen and oxygen atoms in total. The molecular weight excluding hydrogens is 230 g/mol. The molecule has 0 aliphatic heterocycles. The smallest absolute Gasteiger partial charge is 0.243 e. The first-order valence-corrected chi connectivity index (χ1v) is 5.70. The number of carbonyl (C=O) groups is 1. The van der Waals surface area contributed by atoms with Gasteiger partial charge in [0, 0.05) is 27.1 Å². The van der Waals surface area contributed by atoms with Crippen LogP contribution in [0.5, 0.6) is 0 Å². The lowest BCUT2D eigenvalue weighted by Crippen LogP contribution is -2.24. The van der Waals surface area contributed by atoms with Crippen LogP contribution >= 0.6 is 0 Å². The summed E-state index contributed by atoms with van der Waals surface area (Å²) in [6.07, 6.45) is 0.406. The van der Waals surface area contributed by atoms with Gasteiger partial charge in [-0.2, -0.15) is 0 Å². The van der Waals surface area contributed by atoms with Gasteiger partial charge in [0.05, 0.1) is 5.52 Å². The molecule has 2 rings (SSSR count). The Morgan fingerprint density at radius 3 is 2.67 bits per heavy atom. The normalized spacial score (nSPS) is 10.3. The van der Waals surface area contributed by atoms with Crippen molar-refractivity contribution in [3.05, 3.63) is 24.3 Å². The summed E-state index contributed by atoms with van der Waals surface area (Å²) in [6, 6.07) is 7.52. The number of nitrogens with one attached hydrogen (secondary N) is 1. The Morgan fingerprint density at radius 2 is 1.94 bits per heavy atom. The third kappa shape index (κ3) is 2.91. The van der Waals surface area contributed by atoms with Crippen LogP contribution in [0.15, 0.2) is 24.3 Å². The lowest BCUT2D eigenvalue weighted by Gasteiger charge is -2.10. The summed E-state index contributed by atoms with van der Waals surface area (Å²) in [5.74, 6) is 0.511. The number of para-hydroxylation sites is 1. The average molecular weight is 245 g/mol. The van der Waals surface area contributed by atoms with Crippen LogP contribution in [-0.2, 0) is 4.79 Å². The van der Waals surface area contributed by atoms with Gasteiger partial charge < -0.3 is 10.2 Å². The van der Waals surface area contributed by atoms with Crippen LogP contribution in [0.1, 0.15) is 6.42 Å². The van der Waals surface area contributed by atoms with Gasteiger partial charge >= 0.3 is 0 Å². The van der Waals surface area contributed by atoms with E-state index >= 15 is 0 Å². The van der Waals surface area contributed by atoms with E-state index in [0.29, 0.717) is 18.9 Å². The Bertz CT molecular complexity index is 555. The van der Waals surface area contributed by atoms with Crippen LogP contribution in [0.2, 0.25) is 0 Å². The molecule has 1 N–H and O–H groups in total. The van der Waals surface area contributed by atoms with Crippen LogP contribution in [0.4, 0.5) is 5.95 Å². The molecule has 1 amide bonds. The second kappa shape index (κ2) is 5.39. The Hall–Kier alpha value is -2.24. The zero-order valence-electron chi connectivity index (χ0n) is 10.4. The highest BCUT2D eigenvalue weighted by molar-refractivity contribution is 5.76. The fourth-order valence-electron chi connectivity index (χ4n) is 1.46. The number of carbonyl (C=O) groups excluding carboxylic acids is 1. The SMILES string of the molecule is CN(C)C(=O)CCNc1nnc2ccccc2n1. The Kier molecular flexibility index (Phi) is 3.66. The Balaban J connectivity index is 1.98. The van der Waals surface area contributed by atoms with E-state index in [1.807, 2.05) is 24.3 Å². The van der Waals surface area contributed by atoms with Crippen molar-refractivity contribution in [1.29, 1.82) is 0 Å². The van der Waals surface area contributed by atoms with Crippen LogP contribution < -0.4 is 5.32 Å². The number of amides is 1. The van der Waals surface area contributed by atoms with Crippen LogP contribution in [0.3, 0.4) is 0 Å². The van der Waals surface area contributed by atoms with Crippen LogP contribution in [0.25, 0.3) is 11.0 Å². The van der Waals surface area contributed by atoms with E-state index in [0.717, 1.165) is 11.0 Å². The summed E-state index contributed by atoms with van der Waals surface area (Å²) in [7, 11) is 3.47. The first-order chi connectivity index (χ1) is 8.66. The first kappa shape index (κ1) is 12.2. The van der Waals surface area contributed by atoms with Gasteiger partial charge in [0.1, 0.15) is 5.52 Å². The number of nitrogens with zero attached hydrogens (tertiary/aromatic N) is 4. The zero-order chi connectivity index (χ0) is 13.0. The average Bonchev–Trinajstić information content (AvgIpc) is 2.38. The maximum absolute atomic E-state index is 11.4. The predicted octanol–water partition coefficient (Wildman–Crippen LogP) is 0.915. The molecule has 0 saturated carbocycles. The van der Waals surface area contributed by atoms with E-state index in [-0.39, 0.29) is 5.91 Å². The molecule has 0 saturated heterocycles. The molecule has 94 valence electrons. The van der Waals surface area contributed by atoms with Crippen molar-refractivity contribution in [3.63, 3.8) is 0 Å². The maximum atomic E-state index is 11.4. The van der Waals surface area contributed by atoms with Gasteiger partial charge in [-0.1, -0.05) is 12.1 Å². The summed E-state index contributed by atoms with van der Waals surface area (Å²) >= 11 is 0. The van der Waals surface area contributed by atoms with Gasteiger partial charge in [0.2, 0.25) is 11.9 Å². The molecule has 0 aliphatic rings. The number of fused-ring (bicyclic) bond motifs is 1. The van der Waals surface area contributed by atoms with E-state index in [2.05, 4.69) is 20.5 Å². The molecule has 0 unspecified atom stereocenters. The van der Waals surface area contributed by atoms with Crippen molar-refractivity contribution in [1.82, 2.24) is 20.1 Å². The van der Waals surface area contributed by atoms with Gasteiger partial charge in [0.15, 0.2) is 0 Å². The summed E-state index contributed by atoms with van der Waals surface area (Å²) < 4.78 is 0. The summed E-state index contributed by atoms with van der Waals surface area (Å²) in [6.45, 7) is 0.497. The molecule has 1 aromatic carbocycles. The number of anilines is 1. The molecule has 6 heteroatoms. The van der Waals surface area contributed by atoms with E-state index in [9.17, 15) is 4.79 Å². The van der Waals surface area contributed by atoms with Crippen molar-refractivity contribution in [2.75, 3.05) is 26.0 Å². The van der Waals surface area contributed by atoms with E-state index in [1.165, 1.54) is 0 Å². The van der Waals surface area contributed by atoms with Crippen LogP contribution in [-0.4, -0.2) is 46.6 Å². The molecule has 0 atom stereocenters. The lowest BCUT2D eigenvalue weighted by atomic mass is 10.3. The molecular formula is C12H15N5O. The second-order valence-electron chi connectivity index (χ2n) is 4.09. The molecule has 0 spiro atoms. The first-order valence-electron chi connectivity index (χ1n) is 5.70. The monoisotopic (exact) mass is 245 g/mol. The fourth-order valence-corrected chi connectivity index (χ4v) is 1.46. The van der Waals surface area contributed by atoms with Gasteiger partial charge in [-0.15, -0.1) is 10.2 Å². The van der Waals surface area contributed by atoms with Crippen molar-refractivity contribution < 1.29 is 4.79 Å². The summed E-state index contributed by atoms with van der Waals surface area (Å²) in [5.41, 5.74) is 1.54. The molecule has 0 bridgehead atoms. The minimum Gasteiger partial charge on any atom is -0.352 e. The predicted molar refractivity (Wildman–Crippen MR) is 69.1 cm³/mol. The fraction of sp³-hybridized carbons (Fsp3) is 0.333. The molecule has 18 heavy (non-hydrogen) atoms. The van der Waals surface area contributed by atoms with E-state index in [4.69, 9.17) is 0 Å². The molecule has 0 fully saturated rings. The Labute approximate surface area is 105 Å². The number of rotatable bonds is 4. The minimum absolute atomic E-state index is 0.0660. The number of hydrogen-bond acceptors (Lipinski definition) is 5. The molecule has 0 aliphatic carbocycles. The number of benzene rings is 1. The number of aromatic nitrogens is 3. The highest BCUT2D eigenvalue weighted by Gasteiger charge is 2.04. The largest absolute Gasteiger partial charge is 0.352 e. The highest BCUT2D eigenvalue weighted by Crippen LogP contribution is 2.08. The molecule has 1 aromatic heterocycles. The van der Waals surface area contributed by atoms with Crippen molar-refractivity contribution >= 4 is 22.9 Å². The zero-order valence-corrected chi connectivity index (χ0v) is 10.4. The van der Waals surface area contributed by atoms with E-state index in [1.54, 1.807) is 19.0 Å². The van der Waals surface area contributed by atoms with Crippen molar-refractivity contribution in [2.45, 2.75) is 6.42 Å².